The maximum absolute atomic E-state index is 10.5. The van der Waals surface area contributed by atoms with Gasteiger partial charge in [0.15, 0.2) is 0 Å². The second-order valence-corrected chi connectivity index (χ2v) is 4.02. The van der Waals surface area contributed by atoms with Crippen LogP contribution in [0.15, 0.2) is 0 Å². The van der Waals surface area contributed by atoms with Crippen molar-refractivity contribution in [3.05, 3.63) is 10.4 Å². The molecule has 0 aliphatic rings. The third-order valence-electron chi connectivity index (χ3n) is 0.501. The molecule has 0 spiro atoms. The number of hydrogen-bond acceptors (Lipinski definition) is 7. The van der Waals surface area contributed by atoms with E-state index < -0.39 is 21.5 Å². The Morgan fingerprint density at radius 3 is 2.55 bits per heavy atom. The Bertz CT molecular complexity index is 93.8. The van der Waals surface area contributed by atoms with E-state index in [2.05, 4.69) is 14.9 Å². The van der Waals surface area contributed by atoms with E-state index in [1.165, 1.54) is 14.2 Å². The van der Waals surface area contributed by atoms with Crippen LogP contribution in [0.5, 0.6) is 0 Å². The second-order valence-electron chi connectivity index (χ2n) is 1.30. The van der Waals surface area contributed by atoms with Crippen LogP contribution in [0.2, 0.25) is 0 Å². The van der Waals surface area contributed by atoms with Crippen LogP contribution >= 0.6 is 0 Å². The quantitative estimate of drug-likeness (QED) is 0.125. The monoisotopic (exact) mass is 279 g/mol. The van der Waals surface area contributed by atoms with Gasteiger partial charge in [-0.05, 0) is 0 Å². The van der Waals surface area contributed by atoms with Gasteiger partial charge in [0.2, 0.25) is 0 Å². The maximum atomic E-state index is 10.5. The molecule has 0 saturated heterocycles. The molecule has 11 heavy (non-hydrogen) atoms. The average molecular weight is 279 g/mol. The van der Waals surface area contributed by atoms with Gasteiger partial charge in [0.25, 0.3) is 0 Å². The fourth-order valence-electron chi connectivity index (χ4n) is 0.203. The summed E-state index contributed by atoms with van der Waals surface area (Å²) in [6, 6.07) is 0. The molecule has 0 aliphatic heterocycles. The summed E-state index contributed by atoms with van der Waals surface area (Å²) in [7, 11) is 2.54. The van der Waals surface area contributed by atoms with Crippen LogP contribution in [0.25, 0.3) is 0 Å². The summed E-state index contributed by atoms with van der Waals surface area (Å²) >= 11 is -0.862. The van der Waals surface area contributed by atoms with Crippen molar-refractivity contribution >= 4 is 0 Å². The molecule has 0 saturated carbocycles. The molecule has 70 valence electrons. The summed E-state index contributed by atoms with van der Waals surface area (Å²) in [5.74, 6) is 0. The number of nitrogens with zero attached hydrogens (tertiary/aromatic N) is 2. The Morgan fingerprint density at radius 1 is 1.45 bits per heavy atom. The first-order valence-corrected chi connectivity index (χ1v) is 4.98. The third-order valence-corrected chi connectivity index (χ3v) is 2.32. The molecule has 0 rings (SSSR count). The Morgan fingerprint density at radius 2 is 2.09 bits per heavy atom. The van der Waals surface area contributed by atoms with Crippen LogP contribution in [-0.4, -0.2) is 27.2 Å². The van der Waals surface area contributed by atoms with Gasteiger partial charge in [-0.2, -0.15) is 0 Å². The van der Waals surface area contributed by atoms with Gasteiger partial charge >= 0.3 is 74.0 Å². The molecule has 8 heteroatoms. The summed E-state index contributed by atoms with van der Waals surface area (Å²) in [5.41, 5.74) is 0. The molecule has 0 bridgehead atoms. The van der Waals surface area contributed by atoms with E-state index in [-0.39, 0.29) is 9.78 Å². The van der Waals surface area contributed by atoms with Crippen molar-refractivity contribution in [2.45, 2.75) is 0 Å². The average Bonchev–Trinajstić information content (AvgIpc) is 1.97. The van der Waals surface area contributed by atoms with Crippen LogP contribution < -0.4 is 21.5 Å². The second kappa shape index (κ2) is 7.12. The Kier molecular flexibility index (Phi) is 7.41. The standard InChI is InChI=1S/C3H8IN2O5/c1-5(7)4-3-6(8)10-11-9-2/h3H2,1-2H3/q-3. The molecule has 0 aromatic rings. The summed E-state index contributed by atoms with van der Waals surface area (Å²) in [5, 5.41) is 24.7. The first-order chi connectivity index (χ1) is 5.16. The Hall–Kier alpha value is 0.450. The van der Waals surface area contributed by atoms with Crippen LogP contribution in [-0.2, 0) is 14.9 Å². The molecule has 7 nitrogen and oxygen atoms in total. The zero-order valence-electron chi connectivity index (χ0n) is 6.02. The van der Waals surface area contributed by atoms with Crippen molar-refractivity contribution in [3.8, 4) is 0 Å². The number of halogens is 1. The van der Waals surface area contributed by atoms with E-state index in [0.717, 1.165) is 0 Å². The Balaban J connectivity index is 3.15. The Labute approximate surface area is 74.4 Å². The third kappa shape index (κ3) is 8.36. The summed E-state index contributed by atoms with van der Waals surface area (Å²) in [6.07, 6.45) is 0. The molecule has 0 fully saturated rings. The molecule has 0 amide bonds. The predicted molar refractivity (Wildman–Crippen MR) is 30.4 cm³/mol. The zero-order valence-corrected chi connectivity index (χ0v) is 8.18. The molecular weight excluding hydrogens is 271 g/mol. The van der Waals surface area contributed by atoms with Crippen molar-refractivity contribution < 1.29 is 36.4 Å². The number of hydrogen-bond donors (Lipinski definition) is 0. The van der Waals surface area contributed by atoms with E-state index in [0.29, 0.717) is 3.28 Å². The van der Waals surface area contributed by atoms with Crippen LogP contribution in [0.3, 0.4) is 0 Å². The molecule has 0 aliphatic carbocycles. The van der Waals surface area contributed by atoms with Crippen LogP contribution in [0.1, 0.15) is 0 Å². The first kappa shape index (κ1) is 11.4. The van der Waals surface area contributed by atoms with Crippen molar-refractivity contribution in [1.82, 2.24) is 8.50 Å². The molecule has 0 heterocycles. The SMILES string of the molecule is COOON([O-])C[I-]N(C)[O-]. The summed E-state index contributed by atoms with van der Waals surface area (Å²) in [4.78, 5) is 7.93. The summed E-state index contributed by atoms with van der Waals surface area (Å²) in [6.45, 7) is 0. The van der Waals surface area contributed by atoms with E-state index in [1.54, 1.807) is 0 Å². The van der Waals surface area contributed by atoms with Gasteiger partial charge in [0, 0.05) is 0 Å². The normalized spacial score (nSPS) is 11.8. The van der Waals surface area contributed by atoms with Gasteiger partial charge in [0.1, 0.15) is 0 Å². The minimum absolute atomic E-state index is 0.00222. The fourth-order valence-corrected chi connectivity index (χ4v) is 0.996. The van der Waals surface area contributed by atoms with Crippen molar-refractivity contribution in [1.29, 1.82) is 0 Å². The van der Waals surface area contributed by atoms with Gasteiger partial charge in [-0.25, -0.2) is 0 Å². The zero-order chi connectivity index (χ0) is 8.69. The van der Waals surface area contributed by atoms with E-state index >= 15 is 0 Å². The van der Waals surface area contributed by atoms with Gasteiger partial charge in [-0.15, -0.1) is 0 Å². The molecule has 0 aromatic carbocycles. The van der Waals surface area contributed by atoms with Gasteiger partial charge in [0.05, 0.1) is 0 Å². The molecule has 0 N–H and O–H groups in total. The molecule has 0 radical (unpaired) electrons. The van der Waals surface area contributed by atoms with E-state index in [1.807, 2.05) is 0 Å². The van der Waals surface area contributed by atoms with Crippen LogP contribution in [0, 0.1) is 10.4 Å². The van der Waals surface area contributed by atoms with Gasteiger partial charge in [-0.3, -0.25) is 0 Å². The van der Waals surface area contributed by atoms with Crippen molar-refractivity contribution in [2.24, 2.45) is 0 Å². The molecule has 0 unspecified atom stereocenters. The number of rotatable bonds is 6. The predicted octanol–water partition coefficient (Wildman–Crippen LogP) is -3.40. The van der Waals surface area contributed by atoms with Crippen LogP contribution in [0.4, 0.5) is 0 Å². The van der Waals surface area contributed by atoms with Crippen molar-refractivity contribution in [2.75, 3.05) is 18.7 Å². The summed E-state index contributed by atoms with van der Waals surface area (Å²) < 4.78 is 0.710. The van der Waals surface area contributed by atoms with Gasteiger partial charge in [-0.1, -0.05) is 0 Å². The minimum atomic E-state index is -0.862. The van der Waals surface area contributed by atoms with Crippen molar-refractivity contribution in [3.63, 3.8) is 0 Å². The molecule has 0 atom stereocenters. The molecular formula is C3H8IN2O5-3. The van der Waals surface area contributed by atoms with E-state index in [9.17, 15) is 10.4 Å². The fraction of sp³-hybridized carbons (Fsp3) is 1.00. The van der Waals surface area contributed by atoms with E-state index in [4.69, 9.17) is 0 Å². The number of hydroxylamine groups is 3. The van der Waals surface area contributed by atoms with Gasteiger partial charge < -0.3 is 0 Å². The topological polar surface area (TPSA) is 80.3 Å². The first-order valence-electron chi connectivity index (χ1n) is 2.49. The molecule has 0 aromatic heterocycles. The number of alkyl halides is 1.